The van der Waals surface area contributed by atoms with Crippen molar-refractivity contribution >= 4 is 29.5 Å². The Hall–Kier alpha value is -2.80. The van der Waals surface area contributed by atoms with Gasteiger partial charge in [-0.15, -0.1) is 11.8 Å². The Morgan fingerprint density at radius 2 is 1.56 bits per heavy atom. The first kappa shape index (κ1) is 25.5. The van der Waals surface area contributed by atoms with Gasteiger partial charge in [-0.05, 0) is 31.9 Å². The number of carbonyl (C=O) groups excluding carboxylic acids is 3. The number of ether oxygens (including phenoxy) is 1. The summed E-state index contributed by atoms with van der Waals surface area (Å²) in [7, 11) is 0. The summed E-state index contributed by atoms with van der Waals surface area (Å²) < 4.78 is 4.30. The number of nitrogens with one attached hydrogen (secondary N) is 1. The van der Waals surface area contributed by atoms with Crippen LogP contribution in [-0.2, 0) is 31.4 Å². The third-order valence-corrected chi connectivity index (χ3v) is 6.43. The number of amides is 2. The van der Waals surface area contributed by atoms with E-state index in [1.807, 2.05) is 74.5 Å². The molecule has 0 saturated carbocycles. The van der Waals surface area contributed by atoms with E-state index in [-0.39, 0.29) is 25.0 Å². The molecule has 0 heterocycles. The zero-order chi connectivity index (χ0) is 23.6. The summed E-state index contributed by atoms with van der Waals surface area (Å²) in [6.07, 6.45) is 0. The molecule has 1 atom stereocenters. The molecule has 2 amide bonds. The van der Waals surface area contributed by atoms with Gasteiger partial charge in [-0.25, -0.2) is 0 Å². The molecule has 0 spiro atoms. The molecule has 1 N–H and O–H groups in total. The Morgan fingerprint density at radius 3 is 2.09 bits per heavy atom. The molecule has 32 heavy (non-hydrogen) atoms. The number of carbonyl (C=O) groups is 3. The summed E-state index contributed by atoms with van der Waals surface area (Å²) in [5.74, 6) is -0.410. The molecule has 0 saturated heterocycles. The van der Waals surface area contributed by atoms with Gasteiger partial charge in [0.2, 0.25) is 11.8 Å². The van der Waals surface area contributed by atoms with Crippen LogP contribution in [0.5, 0.6) is 0 Å². The van der Waals surface area contributed by atoms with Crippen LogP contribution in [-0.4, -0.2) is 46.6 Å². The van der Waals surface area contributed by atoms with Crippen molar-refractivity contribution in [3.8, 4) is 0 Å². The van der Waals surface area contributed by atoms with Gasteiger partial charge in [0.1, 0.15) is 12.6 Å². The van der Waals surface area contributed by atoms with Crippen molar-refractivity contribution < 1.29 is 19.1 Å². The zero-order valence-corrected chi connectivity index (χ0v) is 20.0. The predicted octanol–water partition coefficient (Wildman–Crippen LogP) is 3.80. The van der Waals surface area contributed by atoms with Gasteiger partial charge in [-0.1, -0.05) is 60.7 Å². The quantitative estimate of drug-likeness (QED) is 0.521. The molecule has 172 valence electrons. The lowest BCUT2D eigenvalue weighted by molar-refractivity contribution is -0.145. The van der Waals surface area contributed by atoms with Crippen molar-refractivity contribution in [2.24, 2.45) is 0 Å². The van der Waals surface area contributed by atoms with E-state index in [9.17, 15) is 14.4 Å². The normalized spacial score (nSPS) is 12.0. The second-order valence-electron chi connectivity index (χ2n) is 7.94. The van der Waals surface area contributed by atoms with Crippen LogP contribution >= 0.6 is 11.8 Å². The zero-order valence-electron chi connectivity index (χ0n) is 19.2. The molecule has 0 aliphatic rings. The van der Waals surface area contributed by atoms with E-state index in [1.54, 1.807) is 23.6 Å². The van der Waals surface area contributed by atoms with E-state index in [0.717, 1.165) is 11.1 Å². The maximum atomic E-state index is 13.3. The van der Waals surface area contributed by atoms with E-state index in [2.05, 4.69) is 5.32 Å². The van der Waals surface area contributed by atoms with Gasteiger partial charge in [0.15, 0.2) is 0 Å². The number of hydrogen-bond acceptors (Lipinski definition) is 5. The van der Waals surface area contributed by atoms with Crippen LogP contribution < -0.4 is 5.32 Å². The van der Waals surface area contributed by atoms with Crippen molar-refractivity contribution in [1.29, 1.82) is 0 Å². The van der Waals surface area contributed by atoms with E-state index in [0.29, 0.717) is 12.3 Å². The molecule has 6 nitrogen and oxygen atoms in total. The van der Waals surface area contributed by atoms with Crippen LogP contribution in [0.2, 0.25) is 0 Å². The van der Waals surface area contributed by atoms with Gasteiger partial charge in [0, 0.05) is 24.0 Å². The number of rotatable bonds is 11. The molecule has 0 bridgehead atoms. The first-order valence-electron chi connectivity index (χ1n) is 10.7. The Labute approximate surface area is 194 Å². The minimum absolute atomic E-state index is 0.210. The average molecular weight is 457 g/mol. The van der Waals surface area contributed by atoms with Gasteiger partial charge in [0.25, 0.3) is 0 Å². The largest absolute Gasteiger partial charge is 0.465 e. The third kappa shape index (κ3) is 7.71. The Balaban J connectivity index is 2.29. The Kier molecular flexibility index (Phi) is 9.78. The van der Waals surface area contributed by atoms with Crippen LogP contribution in [0, 0.1) is 0 Å². The molecule has 7 heteroatoms. The monoisotopic (exact) mass is 456 g/mol. The first-order chi connectivity index (χ1) is 15.2. The summed E-state index contributed by atoms with van der Waals surface area (Å²) in [4.78, 5) is 39.4. The molecule has 0 fully saturated rings. The highest BCUT2D eigenvalue weighted by Crippen LogP contribution is 2.35. The van der Waals surface area contributed by atoms with Crippen LogP contribution in [0.4, 0.5) is 0 Å². The molecule has 0 aromatic heterocycles. The third-order valence-electron chi connectivity index (χ3n) is 4.98. The standard InChI is InChI=1S/C25H32N2O4S/c1-5-31-22(29)16-26-24(30)23(25(3,4)32-18-21-14-10-7-11-15-21)27(19(2)28)17-20-12-8-6-9-13-20/h6-15,23H,5,16-18H2,1-4H3,(H,26,30). The summed E-state index contributed by atoms with van der Waals surface area (Å²) >= 11 is 1.60. The van der Waals surface area contributed by atoms with Crippen molar-refractivity contribution in [2.45, 2.75) is 50.8 Å². The molecule has 2 aromatic rings. The van der Waals surface area contributed by atoms with E-state index < -0.39 is 16.8 Å². The molecule has 2 aromatic carbocycles. The minimum atomic E-state index is -0.789. The van der Waals surface area contributed by atoms with E-state index >= 15 is 0 Å². The fraction of sp³-hybridized carbons (Fsp3) is 0.400. The fourth-order valence-corrected chi connectivity index (χ4v) is 4.51. The lowest BCUT2D eigenvalue weighted by Gasteiger charge is -2.40. The molecule has 1 unspecified atom stereocenters. The molecular formula is C25H32N2O4S. The van der Waals surface area contributed by atoms with Gasteiger partial charge < -0.3 is 15.0 Å². The van der Waals surface area contributed by atoms with E-state index in [4.69, 9.17) is 4.74 Å². The second kappa shape index (κ2) is 12.3. The average Bonchev–Trinajstić information content (AvgIpc) is 2.77. The minimum Gasteiger partial charge on any atom is -0.465 e. The SMILES string of the molecule is CCOC(=O)CNC(=O)C(N(Cc1ccccc1)C(C)=O)C(C)(C)SCc1ccccc1. The predicted molar refractivity (Wildman–Crippen MR) is 128 cm³/mol. The van der Waals surface area contributed by atoms with Gasteiger partial charge in [-0.3, -0.25) is 14.4 Å². The summed E-state index contributed by atoms with van der Waals surface area (Å²) in [5.41, 5.74) is 2.06. The maximum absolute atomic E-state index is 13.3. The highest BCUT2D eigenvalue weighted by molar-refractivity contribution is 7.99. The fourth-order valence-electron chi connectivity index (χ4n) is 3.39. The first-order valence-corrected chi connectivity index (χ1v) is 11.7. The number of esters is 1. The number of thioether (sulfide) groups is 1. The highest BCUT2D eigenvalue weighted by atomic mass is 32.2. The van der Waals surface area contributed by atoms with Crippen molar-refractivity contribution in [1.82, 2.24) is 10.2 Å². The summed E-state index contributed by atoms with van der Waals surface area (Å²) in [6, 6.07) is 18.7. The van der Waals surface area contributed by atoms with Gasteiger partial charge in [-0.2, -0.15) is 0 Å². The lowest BCUT2D eigenvalue weighted by Crippen LogP contribution is -2.58. The molecule has 0 aliphatic carbocycles. The van der Waals surface area contributed by atoms with Crippen LogP contribution in [0.15, 0.2) is 60.7 Å². The lowest BCUT2D eigenvalue weighted by atomic mass is 9.99. The second-order valence-corrected chi connectivity index (χ2v) is 9.57. The summed E-state index contributed by atoms with van der Waals surface area (Å²) in [5, 5.41) is 2.67. The smallest absolute Gasteiger partial charge is 0.325 e. The highest BCUT2D eigenvalue weighted by Gasteiger charge is 2.41. The number of benzene rings is 2. The topological polar surface area (TPSA) is 75.7 Å². The van der Waals surface area contributed by atoms with Gasteiger partial charge in [0.05, 0.1) is 6.61 Å². The summed E-state index contributed by atoms with van der Waals surface area (Å²) in [6.45, 7) is 7.38. The van der Waals surface area contributed by atoms with Crippen molar-refractivity contribution in [3.05, 3.63) is 71.8 Å². The maximum Gasteiger partial charge on any atom is 0.325 e. The Bertz CT molecular complexity index is 887. The van der Waals surface area contributed by atoms with Crippen molar-refractivity contribution in [3.63, 3.8) is 0 Å². The molecule has 2 rings (SSSR count). The molecule has 0 aliphatic heterocycles. The molecular weight excluding hydrogens is 424 g/mol. The van der Waals surface area contributed by atoms with Crippen molar-refractivity contribution in [2.75, 3.05) is 13.2 Å². The number of nitrogens with zero attached hydrogens (tertiary/aromatic N) is 1. The van der Waals surface area contributed by atoms with E-state index in [1.165, 1.54) is 6.92 Å². The Morgan fingerprint density at radius 1 is 1.00 bits per heavy atom. The van der Waals surface area contributed by atoms with Crippen LogP contribution in [0.3, 0.4) is 0 Å². The van der Waals surface area contributed by atoms with Crippen LogP contribution in [0.25, 0.3) is 0 Å². The van der Waals surface area contributed by atoms with Gasteiger partial charge >= 0.3 is 5.97 Å². The number of hydrogen-bond donors (Lipinski definition) is 1. The molecule has 0 radical (unpaired) electrons. The van der Waals surface area contributed by atoms with Crippen LogP contribution in [0.1, 0.15) is 38.8 Å².